The van der Waals surface area contributed by atoms with E-state index in [0.29, 0.717) is 13.0 Å². The van der Waals surface area contributed by atoms with Crippen LogP contribution in [-0.4, -0.2) is 17.9 Å². The summed E-state index contributed by atoms with van der Waals surface area (Å²) in [4.78, 5) is 0. The van der Waals surface area contributed by atoms with Crippen molar-refractivity contribution in [3.05, 3.63) is 0 Å². The lowest BCUT2D eigenvalue weighted by molar-refractivity contribution is 0.175. The van der Waals surface area contributed by atoms with E-state index in [4.69, 9.17) is 16.6 Å². The van der Waals surface area contributed by atoms with Crippen LogP contribution in [0.4, 0.5) is 0 Å². The monoisotopic (exact) mass is 90.1 g/mol. The summed E-state index contributed by atoms with van der Waals surface area (Å²) in [5.41, 5.74) is 9.87. The Hall–Kier alpha value is -0.120. The number of nitrogens with two attached hydrogens (primary N) is 2. The van der Waals surface area contributed by atoms with Crippen LogP contribution in [0.25, 0.3) is 0 Å². The van der Waals surface area contributed by atoms with Crippen LogP contribution < -0.4 is 11.5 Å². The fraction of sp³-hybridized carbons (Fsp3) is 1.00. The third-order valence-corrected chi connectivity index (χ3v) is 0.462. The van der Waals surface area contributed by atoms with Crippen molar-refractivity contribution in [2.75, 3.05) is 6.54 Å². The molecule has 3 heteroatoms. The van der Waals surface area contributed by atoms with Crippen molar-refractivity contribution < 1.29 is 5.11 Å². The molecule has 0 amide bonds. The molecule has 0 radical (unpaired) electrons. The molecule has 0 saturated carbocycles. The Balaban J connectivity index is 2.63. The first-order valence-corrected chi connectivity index (χ1v) is 1.91. The van der Waals surface area contributed by atoms with E-state index in [-0.39, 0.29) is 0 Å². The maximum absolute atomic E-state index is 8.25. The van der Waals surface area contributed by atoms with E-state index in [0.717, 1.165) is 0 Å². The third-order valence-electron chi connectivity index (χ3n) is 0.462. The van der Waals surface area contributed by atoms with Crippen LogP contribution in [0.5, 0.6) is 0 Å². The van der Waals surface area contributed by atoms with Gasteiger partial charge in [0.05, 0.1) is 0 Å². The Morgan fingerprint density at radius 3 is 2.17 bits per heavy atom. The Bertz CT molecular complexity index is 30.0. The molecule has 0 aromatic carbocycles. The van der Waals surface area contributed by atoms with E-state index in [9.17, 15) is 0 Å². The first-order chi connectivity index (χ1) is 2.77. The summed E-state index contributed by atoms with van der Waals surface area (Å²) in [5, 5.41) is 8.25. The van der Waals surface area contributed by atoms with Gasteiger partial charge in [-0.2, -0.15) is 0 Å². The lowest BCUT2D eigenvalue weighted by atomic mass is 10.4. The zero-order chi connectivity index (χ0) is 4.99. The highest BCUT2D eigenvalue weighted by Gasteiger charge is 1.87. The summed E-state index contributed by atoms with van der Waals surface area (Å²) in [5.74, 6) is 0. The fourth-order valence-electron chi connectivity index (χ4n) is 0.171. The van der Waals surface area contributed by atoms with E-state index in [1.54, 1.807) is 0 Å². The summed E-state index contributed by atoms with van der Waals surface area (Å²) in [6, 6.07) is 0. The quantitative estimate of drug-likeness (QED) is 0.366. The maximum atomic E-state index is 8.25. The highest BCUT2D eigenvalue weighted by molar-refractivity contribution is 4.41. The second-order valence-corrected chi connectivity index (χ2v) is 1.14. The van der Waals surface area contributed by atoms with Crippen molar-refractivity contribution in [2.45, 2.75) is 12.6 Å². The van der Waals surface area contributed by atoms with Crippen molar-refractivity contribution in [1.29, 1.82) is 0 Å². The highest BCUT2D eigenvalue weighted by atomic mass is 16.3. The molecule has 0 aromatic rings. The lowest BCUT2D eigenvalue weighted by Gasteiger charge is -1.96. The molecule has 0 aromatic heterocycles. The van der Waals surface area contributed by atoms with Gasteiger partial charge in [0, 0.05) is 0 Å². The molecule has 0 aliphatic rings. The van der Waals surface area contributed by atoms with Gasteiger partial charge in [-0.3, -0.25) is 0 Å². The summed E-state index contributed by atoms with van der Waals surface area (Å²) in [6.07, 6.45) is -0.241. The van der Waals surface area contributed by atoms with E-state index >= 15 is 0 Å². The largest absolute Gasteiger partial charge is 0.379 e. The lowest BCUT2D eigenvalue weighted by Crippen LogP contribution is -2.22. The van der Waals surface area contributed by atoms with Gasteiger partial charge in [-0.05, 0) is 13.0 Å². The number of aliphatic hydroxyl groups excluding tert-OH is 1. The average Bonchev–Trinajstić information content (AvgIpc) is 1.35. The topological polar surface area (TPSA) is 72.3 Å². The standard InChI is InChI=1S/C3H10N2O/c4-2-1-3(5)6/h3,6H,1-2,4-5H2/t3-/m1/s1. The molecule has 6 heavy (non-hydrogen) atoms. The van der Waals surface area contributed by atoms with E-state index < -0.39 is 6.23 Å². The van der Waals surface area contributed by atoms with Crippen LogP contribution >= 0.6 is 0 Å². The van der Waals surface area contributed by atoms with E-state index in [2.05, 4.69) is 0 Å². The summed E-state index contributed by atoms with van der Waals surface area (Å²) in [7, 11) is 0. The normalized spacial score (nSPS) is 14.5. The van der Waals surface area contributed by atoms with Crippen molar-refractivity contribution in [2.24, 2.45) is 11.5 Å². The molecule has 5 N–H and O–H groups in total. The SMILES string of the molecule is NCC[C@H](N)O. The molecule has 0 spiro atoms. The molecule has 0 aliphatic carbocycles. The van der Waals surface area contributed by atoms with Gasteiger partial charge in [-0.15, -0.1) is 0 Å². The summed E-state index contributed by atoms with van der Waals surface area (Å²) in [6.45, 7) is 0.456. The van der Waals surface area contributed by atoms with Gasteiger partial charge in [0.2, 0.25) is 0 Å². The first-order valence-electron chi connectivity index (χ1n) is 1.91. The first kappa shape index (κ1) is 5.88. The Kier molecular flexibility index (Phi) is 3.02. The minimum absolute atomic E-state index is 0.456. The van der Waals surface area contributed by atoms with Crippen molar-refractivity contribution >= 4 is 0 Å². The molecule has 0 saturated heterocycles. The van der Waals surface area contributed by atoms with E-state index in [1.165, 1.54) is 0 Å². The maximum Gasteiger partial charge on any atom is 0.103 e. The van der Waals surface area contributed by atoms with Crippen molar-refractivity contribution in [3.63, 3.8) is 0 Å². The van der Waals surface area contributed by atoms with Crippen LogP contribution in [0.15, 0.2) is 0 Å². The van der Waals surface area contributed by atoms with Gasteiger partial charge in [0.1, 0.15) is 6.23 Å². The van der Waals surface area contributed by atoms with Gasteiger partial charge in [-0.1, -0.05) is 0 Å². The second-order valence-electron chi connectivity index (χ2n) is 1.14. The molecule has 0 rings (SSSR count). The zero-order valence-electron chi connectivity index (χ0n) is 3.59. The molecular weight excluding hydrogens is 80.0 g/mol. The zero-order valence-corrected chi connectivity index (χ0v) is 3.59. The van der Waals surface area contributed by atoms with Gasteiger partial charge in [0.25, 0.3) is 0 Å². The molecule has 0 bridgehead atoms. The molecule has 0 heterocycles. The van der Waals surface area contributed by atoms with Crippen LogP contribution in [0.1, 0.15) is 6.42 Å². The van der Waals surface area contributed by atoms with Gasteiger partial charge >= 0.3 is 0 Å². The van der Waals surface area contributed by atoms with Crippen LogP contribution in [-0.2, 0) is 0 Å². The summed E-state index contributed by atoms with van der Waals surface area (Å²) < 4.78 is 0. The predicted octanol–water partition coefficient (Wildman–Crippen LogP) is -1.39. The third kappa shape index (κ3) is 3.88. The number of rotatable bonds is 2. The van der Waals surface area contributed by atoms with Crippen LogP contribution in [0, 0.1) is 0 Å². The average molecular weight is 90.1 g/mol. The Morgan fingerprint density at radius 2 is 2.17 bits per heavy atom. The minimum atomic E-state index is -0.727. The summed E-state index contributed by atoms with van der Waals surface area (Å²) >= 11 is 0. The number of hydrogen-bond acceptors (Lipinski definition) is 3. The molecule has 38 valence electrons. The molecule has 0 aliphatic heterocycles. The van der Waals surface area contributed by atoms with E-state index in [1.807, 2.05) is 0 Å². The van der Waals surface area contributed by atoms with Crippen molar-refractivity contribution in [1.82, 2.24) is 0 Å². The van der Waals surface area contributed by atoms with Crippen LogP contribution in [0.3, 0.4) is 0 Å². The van der Waals surface area contributed by atoms with Gasteiger partial charge in [-0.25, -0.2) is 0 Å². The highest BCUT2D eigenvalue weighted by Crippen LogP contribution is 1.72. The Morgan fingerprint density at radius 1 is 1.67 bits per heavy atom. The Labute approximate surface area is 36.9 Å². The van der Waals surface area contributed by atoms with Crippen LogP contribution in [0.2, 0.25) is 0 Å². The molecule has 0 fully saturated rings. The van der Waals surface area contributed by atoms with Crippen molar-refractivity contribution in [3.8, 4) is 0 Å². The minimum Gasteiger partial charge on any atom is -0.379 e. The molecule has 3 nitrogen and oxygen atoms in total. The second kappa shape index (κ2) is 3.08. The van der Waals surface area contributed by atoms with Gasteiger partial charge in [0.15, 0.2) is 0 Å². The smallest absolute Gasteiger partial charge is 0.103 e. The number of hydrogen-bond donors (Lipinski definition) is 3. The molecule has 1 atom stereocenters. The molecular formula is C3H10N2O. The predicted molar refractivity (Wildman–Crippen MR) is 23.9 cm³/mol. The van der Waals surface area contributed by atoms with Gasteiger partial charge < -0.3 is 16.6 Å². The fourth-order valence-corrected chi connectivity index (χ4v) is 0.171. The number of aliphatic hydroxyl groups is 1. The molecule has 0 unspecified atom stereocenters.